The highest BCUT2D eigenvalue weighted by Gasteiger charge is 2.29. The normalized spacial score (nSPS) is 17.5. The van der Waals surface area contributed by atoms with Crippen molar-refractivity contribution in [1.82, 2.24) is 19.7 Å². The Bertz CT molecular complexity index is 1190. The van der Waals surface area contributed by atoms with Gasteiger partial charge < -0.3 is 4.90 Å². The summed E-state index contributed by atoms with van der Waals surface area (Å²) < 4.78 is 3.29. The molecule has 1 unspecified atom stereocenters. The highest BCUT2D eigenvalue weighted by molar-refractivity contribution is 7.20. The maximum atomic E-state index is 13.4. The van der Waals surface area contributed by atoms with E-state index < -0.39 is 0 Å². The van der Waals surface area contributed by atoms with E-state index in [1.165, 1.54) is 4.70 Å². The number of hydrogen-bond acceptors (Lipinski definition) is 5. The molecule has 1 atom stereocenters. The van der Waals surface area contributed by atoms with E-state index in [9.17, 15) is 4.79 Å². The van der Waals surface area contributed by atoms with Crippen LogP contribution in [0.15, 0.2) is 30.3 Å². The van der Waals surface area contributed by atoms with Gasteiger partial charge in [0.25, 0.3) is 5.91 Å². The van der Waals surface area contributed by atoms with Gasteiger partial charge in [-0.3, -0.25) is 9.48 Å². The van der Waals surface area contributed by atoms with Crippen molar-refractivity contribution in [2.24, 2.45) is 5.92 Å². The van der Waals surface area contributed by atoms with Gasteiger partial charge in [-0.2, -0.15) is 5.10 Å². The van der Waals surface area contributed by atoms with E-state index >= 15 is 0 Å². The molecular weight excluding hydrogens is 412 g/mol. The van der Waals surface area contributed by atoms with Crippen LogP contribution in [-0.4, -0.2) is 38.7 Å². The van der Waals surface area contributed by atoms with Crippen LogP contribution in [0.1, 0.15) is 53.0 Å². The number of carbonyl (C=O) groups is 1. The van der Waals surface area contributed by atoms with Crippen LogP contribution in [0.5, 0.6) is 0 Å². The molecule has 0 spiro atoms. The fourth-order valence-corrected chi connectivity index (χ4v) is 6.50. The summed E-state index contributed by atoms with van der Waals surface area (Å²) in [4.78, 5) is 22.2. The number of fused-ring (bicyclic) bond motifs is 2. The first-order valence-electron chi connectivity index (χ1n) is 10.6. The first-order valence-corrected chi connectivity index (χ1v) is 12.2. The van der Waals surface area contributed by atoms with E-state index in [2.05, 4.69) is 41.8 Å². The number of likely N-dealkylation sites (tertiary alicyclic amines) is 1. The van der Waals surface area contributed by atoms with E-state index in [0.717, 1.165) is 63.8 Å². The molecule has 1 amide bonds. The zero-order chi connectivity index (χ0) is 20.8. The van der Waals surface area contributed by atoms with Crippen molar-refractivity contribution in [1.29, 1.82) is 0 Å². The van der Waals surface area contributed by atoms with Gasteiger partial charge in [0.1, 0.15) is 4.83 Å². The molecular formula is C23H26N4OS2. The molecule has 3 aromatic heterocycles. The molecule has 0 aliphatic carbocycles. The molecule has 5 nitrogen and oxygen atoms in total. The molecule has 4 aromatic rings. The number of benzene rings is 1. The van der Waals surface area contributed by atoms with Crippen LogP contribution in [0.2, 0.25) is 0 Å². The van der Waals surface area contributed by atoms with Gasteiger partial charge in [-0.25, -0.2) is 4.98 Å². The zero-order valence-electron chi connectivity index (χ0n) is 17.6. The highest BCUT2D eigenvalue weighted by atomic mass is 32.1. The summed E-state index contributed by atoms with van der Waals surface area (Å²) >= 11 is 3.36. The van der Waals surface area contributed by atoms with Gasteiger partial charge in [-0.1, -0.05) is 26.0 Å². The number of aryl methyl sites for hydroxylation is 1. The molecule has 30 heavy (non-hydrogen) atoms. The third kappa shape index (κ3) is 3.54. The fraction of sp³-hybridized carbons (Fsp3) is 0.435. The molecule has 0 saturated carbocycles. The molecule has 7 heteroatoms. The van der Waals surface area contributed by atoms with Crippen LogP contribution in [0.25, 0.3) is 20.4 Å². The largest absolute Gasteiger partial charge is 0.337 e. The third-order valence-electron chi connectivity index (χ3n) is 5.72. The van der Waals surface area contributed by atoms with Crippen molar-refractivity contribution in [3.05, 3.63) is 45.9 Å². The van der Waals surface area contributed by atoms with E-state index in [1.54, 1.807) is 22.7 Å². The Morgan fingerprint density at radius 1 is 1.27 bits per heavy atom. The Morgan fingerprint density at radius 3 is 2.90 bits per heavy atom. The Morgan fingerprint density at radius 2 is 2.10 bits per heavy atom. The summed E-state index contributed by atoms with van der Waals surface area (Å²) in [6, 6.07) is 10.3. The summed E-state index contributed by atoms with van der Waals surface area (Å²) in [6.07, 6.45) is 2.12. The van der Waals surface area contributed by atoms with Crippen molar-refractivity contribution >= 4 is 49.0 Å². The van der Waals surface area contributed by atoms with Crippen molar-refractivity contribution in [2.45, 2.75) is 46.1 Å². The number of aromatic nitrogens is 3. The second-order valence-corrected chi connectivity index (χ2v) is 10.7. The number of thiophene rings is 1. The lowest BCUT2D eigenvalue weighted by Crippen LogP contribution is -2.38. The average Bonchev–Trinajstić information content (AvgIpc) is 3.43. The van der Waals surface area contributed by atoms with Crippen LogP contribution in [0.4, 0.5) is 0 Å². The SMILES string of the molecule is Cc1nn(CC(C)C)c2sc(C(=O)N3CCCC(c4nc5ccccc5s4)C3)cc12. The van der Waals surface area contributed by atoms with Crippen LogP contribution < -0.4 is 0 Å². The van der Waals surface area contributed by atoms with E-state index in [4.69, 9.17) is 4.98 Å². The Kier molecular flexibility index (Phi) is 5.11. The van der Waals surface area contributed by atoms with Crippen LogP contribution in [0.3, 0.4) is 0 Å². The van der Waals surface area contributed by atoms with Crippen molar-refractivity contribution in [3.8, 4) is 0 Å². The van der Waals surface area contributed by atoms with Crippen LogP contribution >= 0.6 is 22.7 Å². The van der Waals surface area contributed by atoms with E-state index in [0.29, 0.717) is 11.8 Å². The molecule has 156 valence electrons. The summed E-state index contributed by atoms with van der Waals surface area (Å²) in [5.41, 5.74) is 2.07. The molecule has 0 N–H and O–H groups in total. The monoisotopic (exact) mass is 438 g/mol. The maximum absolute atomic E-state index is 13.4. The summed E-state index contributed by atoms with van der Waals surface area (Å²) in [5.74, 6) is 0.996. The summed E-state index contributed by atoms with van der Waals surface area (Å²) in [5, 5.41) is 6.95. The molecule has 4 heterocycles. The lowest BCUT2D eigenvalue weighted by Gasteiger charge is -2.31. The lowest BCUT2D eigenvalue weighted by atomic mass is 9.98. The third-order valence-corrected chi connectivity index (χ3v) is 8.06. The second-order valence-electron chi connectivity index (χ2n) is 8.60. The van der Waals surface area contributed by atoms with Gasteiger partial charge >= 0.3 is 0 Å². The maximum Gasteiger partial charge on any atom is 0.264 e. The molecule has 0 bridgehead atoms. The minimum Gasteiger partial charge on any atom is -0.337 e. The van der Waals surface area contributed by atoms with E-state index in [-0.39, 0.29) is 5.91 Å². The van der Waals surface area contributed by atoms with Crippen LogP contribution in [0, 0.1) is 12.8 Å². The molecule has 1 aromatic carbocycles. The lowest BCUT2D eigenvalue weighted by molar-refractivity contribution is 0.0712. The number of carbonyl (C=O) groups excluding carboxylic acids is 1. The number of piperidine rings is 1. The molecule has 0 radical (unpaired) electrons. The van der Waals surface area contributed by atoms with Gasteiger partial charge in [0.2, 0.25) is 0 Å². The summed E-state index contributed by atoms with van der Waals surface area (Å²) in [7, 11) is 0. The number of para-hydroxylation sites is 1. The minimum atomic E-state index is 0.150. The Balaban J connectivity index is 1.39. The predicted molar refractivity (Wildman–Crippen MR) is 125 cm³/mol. The van der Waals surface area contributed by atoms with Crippen molar-refractivity contribution in [2.75, 3.05) is 13.1 Å². The van der Waals surface area contributed by atoms with Gasteiger partial charge in [0.05, 0.1) is 25.8 Å². The zero-order valence-corrected chi connectivity index (χ0v) is 19.2. The summed E-state index contributed by atoms with van der Waals surface area (Å²) in [6.45, 7) is 8.87. The number of rotatable bonds is 4. The van der Waals surface area contributed by atoms with Gasteiger partial charge in [-0.05, 0) is 43.9 Å². The minimum absolute atomic E-state index is 0.150. The number of thiazole rings is 1. The highest BCUT2D eigenvalue weighted by Crippen LogP contribution is 2.35. The first kappa shape index (κ1) is 19.7. The molecule has 1 aliphatic heterocycles. The quantitative estimate of drug-likeness (QED) is 0.411. The van der Waals surface area contributed by atoms with Gasteiger partial charge in [0, 0.05) is 30.9 Å². The molecule has 1 aliphatic rings. The van der Waals surface area contributed by atoms with E-state index in [1.807, 2.05) is 24.0 Å². The van der Waals surface area contributed by atoms with Crippen LogP contribution in [-0.2, 0) is 6.54 Å². The Hall–Kier alpha value is -2.25. The number of amides is 1. The first-order chi connectivity index (χ1) is 14.5. The van der Waals surface area contributed by atoms with Gasteiger partial charge in [-0.15, -0.1) is 22.7 Å². The molecule has 5 rings (SSSR count). The molecule has 1 saturated heterocycles. The second kappa shape index (κ2) is 7.78. The number of hydrogen-bond donors (Lipinski definition) is 0. The number of nitrogens with zero attached hydrogens (tertiary/aromatic N) is 4. The standard InChI is InChI=1S/C23H26N4OS2/c1-14(2)12-27-23-17(15(3)25-27)11-20(30-23)22(28)26-10-6-7-16(13-26)21-24-18-8-4-5-9-19(18)29-21/h4-5,8-9,11,14,16H,6-7,10,12-13H2,1-3H3. The predicted octanol–water partition coefficient (Wildman–Crippen LogP) is 5.69. The topological polar surface area (TPSA) is 51.0 Å². The van der Waals surface area contributed by atoms with Crippen molar-refractivity contribution < 1.29 is 4.79 Å². The smallest absolute Gasteiger partial charge is 0.264 e. The molecule has 1 fully saturated rings. The average molecular weight is 439 g/mol. The Labute approximate surface area is 184 Å². The van der Waals surface area contributed by atoms with Gasteiger partial charge in [0.15, 0.2) is 0 Å². The fourth-order valence-electron chi connectivity index (χ4n) is 4.27. The van der Waals surface area contributed by atoms with Crippen molar-refractivity contribution in [3.63, 3.8) is 0 Å².